The summed E-state index contributed by atoms with van der Waals surface area (Å²) < 4.78 is 0. The van der Waals surface area contributed by atoms with Gasteiger partial charge >= 0.3 is 0 Å². The lowest BCUT2D eigenvalue weighted by Gasteiger charge is -2.25. The van der Waals surface area contributed by atoms with Crippen molar-refractivity contribution in [3.63, 3.8) is 0 Å². The predicted molar refractivity (Wildman–Crippen MR) is 65.1 cm³/mol. The summed E-state index contributed by atoms with van der Waals surface area (Å²) in [4.78, 5) is 2.51. The molecule has 0 radical (unpaired) electrons. The number of likely N-dealkylation sites (N-methyl/N-ethyl adjacent to an activating group) is 1. The second-order valence-corrected chi connectivity index (χ2v) is 5.52. The first-order valence-corrected chi connectivity index (χ1v) is 6.71. The maximum atomic E-state index is 3.76. The molecule has 1 N–H and O–H groups in total. The minimum Gasteiger partial charge on any atom is -0.312 e. The minimum atomic E-state index is 0.738. The fraction of sp³-hybridized carbons (Fsp3) is 1.00. The van der Waals surface area contributed by atoms with Crippen LogP contribution in [0.4, 0.5) is 0 Å². The van der Waals surface area contributed by atoms with E-state index in [-0.39, 0.29) is 0 Å². The number of rotatable bonds is 4. The van der Waals surface area contributed by atoms with Gasteiger partial charge in [0.2, 0.25) is 0 Å². The van der Waals surface area contributed by atoms with E-state index in [0.29, 0.717) is 0 Å². The summed E-state index contributed by atoms with van der Waals surface area (Å²) in [6.45, 7) is 4.88. The SMILES string of the molecule is CC(NCC1CCCN1C)C1CCCC1. The van der Waals surface area contributed by atoms with Crippen LogP contribution in [0.3, 0.4) is 0 Å². The Kier molecular flexibility index (Phi) is 4.04. The van der Waals surface area contributed by atoms with E-state index < -0.39 is 0 Å². The first-order valence-electron chi connectivity index (χ1n) is 6.71. The molecule has 1 saturated heterocycles. The molecule has 2 rings (SSSR count). The van der Waals surface area contributed by atoms with E-state index in [4.69, 9.17) is 0 Å². The second kappa shape index (κ2) is 5.31. The van der Waals surface area contributed by atoms with Gasteiger partial charge in [0.25, 0.3) is 0 Å². The van der Waals surface area contributed by atoms with Crippen molar-refractivity contribution in [1.82, 2.24) is 10.2 Å². The van der Waals surface area contributed by atoms with Gasteiger partial charge in [0.05, 0.1) is 0 Å². The maximum absolute atomic E-state index is 3.76. The monoisotopic (exact) mass is 210 g/mol. The lowest BCUT2D eigenvalue weighted by atomic mass is 9.99. The Morgan fingerprint density at radius 2 is 1.93 bits per heavy atom. The van der Waals surface area contributed by atoms with Crippen LogP contribution in [-0.2, 0) is 0 Å². The van der Waals surface area contributed by atoms with Gasteiger partial charge in [-0.1, -0.05) is 12.8 Å². The zero-order valence-electron chi connectivity index (χ0n) is 10.3. The Bertz CT molecular complexity index is 187. The molecule has 0 bridgehead atoms. The van der Waals surface area contributed by atoms with Crippen LogP contribution in [0.1, 0.15) is 45.4 Å². The van der Waals surface area contributed by atoms with E-state index in [2.05, 4.69) is 24.2 Å². The minimum absolute atomic E-state index is 0.738. The van der Waals surface area contributed by atoms with Crippen LogP contribution < -0.4 is 5.32 Å². The summed E-state index contributed by atoms with van der Waals surface area (Å²) in [6, 6.07) is 1.54. The van der Waals surface area contributed by atoms with Crippen LogP contribution in [0.25, 0.3) is 0 Å². The van der Waals surface area contributed by atoms with Crippen LogP contribution >= 0.6 is 0 Å². The molecule has 0 aromatic heterocycles. The first-order chi connectivity index (χ1) is 7.27. The number of nitrogens with one attached hydrogen (secondary N) is 1. The molecule has 2 nitrogen and oxygen atoms in total. The summed E-state index contributed by atoms with van der Waals surface area (Å²) in [6.07, 6.45) is 8.60. The number of nitrogens with zero attached hydrogens (tertiary/aromatic N) is 1. The quantitative estimate of drug-likeness (QED) is 0.765. The largest absolute Gasteiger partial charge is 0.312 e. The average Bonchev–Trinajstić information content (AvgIpc) is 2.85. The highest BCUT2D eigenvalue weighted by Crippen LogP contribution is 2.27. The zero-order chi connectivity index (χ0) is 10.7. The Labute approximate surface area is 94.4 Å². The fourth-order valence-corrected chi connectivity index (χ4v) is 3.18. The molecule has 2 atom stereocenters. The van der Waals surface area contributed by atoms with E-state index in [1.165, 1.54) is 51.6 Å². The zero-order valence-corrected chi connectivity index (χ0v) is 10.3. The normalized spacial score (nSPS) is 31.2. The maximum Gasteiger partial charge on any atom is 0.0218 e. The molecule has 2 heteroatoms. The Morgan fingerprint density at radius 3 is 2.53 bits per heavy atom. The van der Waals surface area contributed by atoms with Crippen molar-refractivity contribution in [2.75, 3.05) is 20.1 Å². The van der Waals surface area contributed by atoms with Crippen molar-refractivity contribution in [1.29, 1.82) is 0 Å². The van der Waals surface area contributed by atoms with Crippen molar-refractivity contribution < 1.29 is 0 Å². The van der Waals surface area contributed by atoms with Crippen LogP contribution in [0.15, 0.2) is 0 Å². The third kappa shape index (κ3) is 2.94. The van der Waals surface area contributed by atoms with E-state index >= 15 is 0 Å². The number of likely N-dealkylation sites (tertiary alicyclic amines) is 1. The Balaban J connectivity index is 1.67. The molecule has 1 aliphatic heterocycles. The molecule has 0 amide bonds. The van der Waals surface area contributed by atoms with Crippen LogP contribution in [0.2, 0.25) is 0 Å². The highest BCUT2D eigenvalue weighted by molar-refractivity contribution is 4.82. The summed E-state index contributed by atoms with van der Waals surface area (Å²) >= 11 is 0. The smallest absolute Gasteiger partial charge is 0.0218 e. The Hall–Kier alpha value is -0.0800. The van der Waals surface area contributed by atoms with Crippen molar-refractivity contribution in [2.24, 2.45) is 5.92 Å². The number of hydrogen-bond acceptors (Lipinski definition) is 2. The highest BCUT2D eigenvalue weighted by Gasteiger charge is 2.24. The lowest BCUT2D eigenvalue weighted by Crippen LogP contribution is -2.41. The molecule has 2 aliphatic rings. The van der Waals surface area contributed by atoms with Crippen LogP contribution in [-0.4, -0.2) is 37.1 Å². The molecule has 2 unspecified atom stereocenters. The lowest BCUT2D eigenvalue weighted by molar-refractivity contribution is 0.276. The van der Waals surface area contributed by atoms with Crippen LogP contribution in [0, 0.1) is 5.92 Å². The third-order valence-corrected chi connectivity index (χ3v) is 4.45. The van der Waals surface area contributed by atoms with Gasteiger partial charge < -0.3 is 10.2 Å². The highest BCUT2D eigenvalue weighted by atomic mass is 15.2. The van der Waals surface area contributed by atoms with Crippen molar-refractivity contribution in [3.05, 3.63) is 0 Å². The van der Waals surface area contributed by atoms with E-state index in [1.54, 1.807) is 0 Å². The van der Waals surface area contributed by atoms with Gasteiger partial charge in [0, 0.05) is 18.6 Å². The summed E-state index contributed by atoms with van der Waals surface area (Å²) in [5.74, 6) is 0.955. The third-order valence-electron chi connectivity index (χ3n) is 4.45. The fourth-order valence-electron chi connectivity index (χ4n) is 3.18. The predicted octanol–water partition coefficient (Wildman–Crippen LogP) is 2.25. The molecule has 88 valence electrons. The van der Waals surface area contributed by atoms with Gasteiger partial charge in [-0.05, 0) is 52.1 Å². The van der Waals surface area contributed by atoms with Gasteiger partial charge in [0.15, 0.2) is 0 Å². The second-order valence-electron chi connectivity index (χ2n) is 5.52. The molecule has 1 aliphatic carbocycles. The van der Waals surface area contributed by atoms with Gasteiger partial charge in [-0.25, -0.2) is 0 Å². The molecule has 1 heterocycles. The molecule has 15 heavy (non-hydrogen) atoms. The van der Waals surface area contributed by atoms with Gasteiger partial charge in [-0.15, -0.1) is 0 Å². The molecule has 0 aromatic rings. The standard InChI is InChI=1S/C13H26N2/c1-11(12-6-3-4-7-12)14-10-13-8-5-9-15(13)2/h11-14H,3-10H2,1-2H3. The van der Waals surface area contributed by atoms with Crippen molar-refractivity contribution in [3.8, 4) is 0 Å². The average molecular weight is 210 g/mol. The van der Waals surface area contributed by atoms with E-state index in [1.807, 2.05) is 0 Å². The molecule has 2 fully saturated rings. The van der Waals surface area contributed by atoms with E-state index in [9.17, 15) is 0 Å². The van der Waals surface area contributed by atoms with Gasteiger partial charge in [-0.3, -0.25) is 0 Å². The molecule has 0 spiro atoms. The van der Waals surface area contributed by atoms with Crippen LogP contribution in [0.5, 0.6) is 0 Å². The van der Waals surface area contributed by atoms with E-state index in [0.717, 1.165) is 18.0 Å². The molecular formula is C13H26N2. The first kappa shape index (κ1) is 11.4. The summed E-state index contributed by atoms with van der Waals surface area (Å²) in [5, 5.41) is 3.76. The van der Waals surface area contributed by atoms with Crippen molar-refractivity contribution in [2.45, 2.75) is 57.5 Å². The molecule has 0 aromatic carbocycles. The van der Waals surface area contributed by atoms with Gasteiger partial charge in [-0.2, -0.15) is 0 Å². The topological polar surface area (TPSA) is 15.3 Å². The van der Waals surface area contributed by atoms with Gasteiger partial charge in [0.1, 0.15) is 0 Å². The summed E-state index contributed by atoms with van der Waals surface area (Å²) in [7, 11) is 2.26. The van der Waals surface area contributed by atoms with Crippen molar-refractivity contribution >= 4 is 0 Å². The Morgan fingerprint density at radius 1 is 1.20 bits per heavy atom. The molecular weight excluding hydrogens is 184 g/mol. The number of hydrogen-bond donors (Lipinski definition) is 1. The summed E-state index contributed by atoms with van der Waals surface area (Å²) in [5.41, 5.74) is 0. The molecule has 1 saturated carbocycles.